The van der Waals surface area contributed by atoms with E-state index in [0.29, 0.717) is 18.8 Å². The number of carbonyl (C=O) groups excluding carboxylic acids is 2. The Labute approximate surface area is 140 Å². The van der Waals surface area contributed by atoms with Crippen LogP contribution in [0.2, 0.25) is 0 Å². The van der Waals surface area contributed by atoms with Gasteiger partial charge in [0.2, 0.25) is 5.91 Å². The van der Waals surface area contributed by atoms with Crippen molar-refractivity contribution in [3.05, 3.63) is 29.8 Å². The van der Waals surface area contributed by atoms with E-state index >= 15 is 0 Å². The van der Waals surface area contributed by atoms with Crippen molar-refractivity contribution in [2.75, 3.05) is 33.3 Å². The second-order valence-corrected chi connectivity index (χ2v) is 5.54. The van der Waals surface area contributed by atoms with Crippen molar-refractivity contribution in [3.63, 3.8) is 0 Å². The summed E-state index contributed by atoms with van der Waals surface area (Å²) < 4.78 is 5.43. The third-order valence-corrected chi connectivity index (χ3v) is 3.87. The third kappa shape index (κ3) is 4.15. The summed E-state index contributed by atoms with van der Waals surface area (Å²) in [4.78, 5) is 38.0. The molecular formula is C16H21N3O5. The minimum Gasteiger partial charge on any atom is -0.492 e. The average molecular weight is 335 g/mol. The van der Waals surface area contributed by atoms with Gasteiger partial charge in [-0.1, -0.05) is 6.07 Å². The number of likely N-dealkylation sites (N-methyl/N-ethyl adjacent to an activating group) is 1. The zero-order valence-electron chi connectivity index (χ0n) is 13.7. The lowest BCUT2D eigenvalue weighted by Crippen LogP contribution is -2.58. The summed E-state index contributed by atoms with van der Waals surface area (Å²) in [5.74, 6) is -0.687. The minimum absolute atomic E-state index is 0.0851. The van der Waals surface area contributed by atoms with Crippen LogP contribution in [0.15, 0.2) is 24.3 Å². The zero-order chi connectivity index (χ0) is 17.7. The number of amides is 3. The molecule has 1 saturated heterocycles. The van der Waals surface area contributed by atoms with E-state index in [1.54, 1.807) is 31.0 Å². The molecule has 0 radical (unpaired) electrons. The van der Waals surface area contributed by atoms with E-state index in [1.807, 2.05) is 0 Å². The van der Waals surface area contributed by atoms with Crippen molar-refractivity contribution < 1.29 is 24.2 Å². The molecule has 3 amide bonds. The summed E-state index contributed by atoms with van der Waals surface area (Å²) in [6, 6.07) is 5.34. The molecule has 2 N–H and O–H groups in total. The number of hydrogen-bond acceptors (Lipinski definition) is 4. The van der Waals surface area contributed by atoms with Gasteiger partial charge >= 0.3 is 12.0 Å². The number of piperazine rings is 1. The van der Waals surface area contributed by atoms with Crippen molar-refractivity contribution in [2.24, 2.45) is 0 Å². The van der Waals surface area contributed by atoms with Crippen LogP contribution in [0.3, 0.4) is 0 Å². The number of ether oxygens (including phenoxy) is 1. The van der Waals surface area contributed by atoms with Gasteiger partial charge in [0.25, 0.3) is 0 Å². The quantitative estimate of drug-likeness (QED) is 0.769. The van der Waals surface area contributed by atoms with Crippen molar-refractivity contribution in [2.45, 2.75) is 13.0 Å². The number of urea groups is 1. The number of carboxylic acid groups (broad SMARTS) is 1. The maximum Gasteiger partial charge on any atom is 0.335 e. The van der Waals surface area contributed by atoms with Crippen LogP contribution in [0.4, 0.5) is 4.79 Å². The first-order valence-electron chi connectivity index (χ1n) is 7.65. The van der Waals surface area contributed by atoms with Gasteiger partial charge in [-0.05, 0) is 25.1 Å². The summed E-state index contributed by atoms with van der Waals surface area (Å²) in [6.45, 7) is 3.14. The van der Waals surface area contributed by atoms with Gasteiger partial charge in [-0.15, -0.1) is 0 Å². The lowest BCUT2D eigenvalue weighted by atomic mass is 10.2. The number of benzene rings is 1. The van der Waals surface area contributed by atoms with E-state index in [2.05, 4.69) is 5.32 Å². The van der Waals surface area contributed by atoms with Gasteiger partial charge in [-0.2, -0.15) is 0 Å². The molecule has 1 aliphatic heterocycles. The molecular weight excluding hydrogens is 314 g/mol. The van der Waals surface area contributed by atoms with Crippen LogP contribution in [0.5, 0.6) is 5.75 Å². The average Bonchev–Trinajstić information content (AvgIpc) is 2.57. The monoisotopic (exact) mass is 335 g/mol. The van der Waals surface area contributed by atoms with Gasteiger partial charge in [0.05, 0.1) is 12.1 Å². The Morgan fingerprint density at radius 2 is 2.12 bits per heavy atom. The molecule has 1 atom stereocenters. The molecule has 0 saturated carbocycles. The molecule has 2 rings (SSSR count). The Bertz CT molecular complexity index is 634. The van der Waals surface area contributed by atoms with Crippen LogP contribution >= 0.6 is 0 Å². The fourth-order valence-corrected chi connectivity index (χ4v) is 2.44. The minimum atomic E-state index is -1.03. The summed E-state index contributed by atoms with van der Waals surface area (Å²) in [7, 11) is 1.72. The van der Waals surface area contributed by atoms with E-state index < -0.39 is 12.0 Å². The largest absolute Gasteiger partial charge is 0.492 e. The molecule has 0 spiro atoms. The van der Waals surface area contributed by atoms with Crippen LogP contribution in [0, 0.1) is 0 Å². The highest BCUT2D eigenvalue weighted by molar-refractivity contribution is 5.88. The maximum absolute atomic E-state index is 12.1. The first-order chi connectivity index (χ1) is 11.4. The van der Waals surface area contributed by atoms with Crippen molar-refractivity contribution in [1.82, 2.24) is 15.1 Å². The van der Waals surface area contributed by atoms with Crippen LogP contribution < -0.4 is 10.1 Å². The van der Waals surface area contributed by atoms with Crippen LogP contribution in [-0.4, -0.2) is 72.1 Å². The van der Waals surface area contributed by atoms with E-state index in [9.17, 15) is 14.4 Å². The molecule has 1 aromatic rings. The standard InChI is InChI=1S/C16H21N3O5/c1-11-14(20)18(2)7-8-19(11)16(23)17-6-9-24-13-5-3-4-12(10-13)15(21)22/h3-5,10-11H,6-9H2,1-2H3,(H,17,23)(H,21,22)/t11-/m1/s1. The molecule has 0 unspecified atom stereocenters. The second-order valence-electron chi connectivity index (χ2n) is 5.54. The SMILES string of the molecule is C[C@@H]1C(=O)N(C)CCN1C(=O)NCCOc1cccc(C(=O)O)c1. The van der Waals surface area contributed by atoms with Crippen molar-refractivity contribution in [3.8, 4) is 5.75 Å². The Kier molecular flexibility index (Phi) is 5.62. The van der Waals surface area contributed by atoms with E-state index in [0.717, 1.165) is 0 Å². The Hall–Kier alpha value is -2.77. The topological polar surface area (TPSA) is 99.2 Å². The van der Waals surface area contributed by atoms with Crippen LogP contribution in [0.25, 0.3) is 0 Å². The lowest BCUT2D eigenvalue weighted by Gasteiger charge is -2.37. The molecule has 0 bridgehead atoms. The van der Waals surface area contributed by atoms with Gasteiger partial charge in [0, 0.05) is 20.1 Å². The highest BCUT2D eigenvalue weighted by Crippen LogP contribution is 2.13. The highest BCUT2D eigenvalue weighted by Gasteiger charge is 2.32. The number of carboxylic acids is 1. The fraction of sp³-hybridized carbons (Fsp3) is 0.438. The smallest absolute Gasteiger partial charge is 0.335 e. The number of carbonyl (C=O) groups is 3. The molecule has 1 fully saturated rings. The highest BCUT2D eigenvalue weighted by atomic mass is 16.5. The van der Waals surface area contributed by atoms with E-state index in [-0.39, 0.29) is 30.7 Å². The first kappa shape index (κ1) is 17.6. The zero-order valence-corrected chi connectivity index (χ0v) is 13.7. The summed E-state index contributed by atoms with van der Waals surface area (Å²) >= 11 is 0. The number of nitrogens with zero attached hydrogens (tertiary/aromatic N) is 2. The van der Waals surface area contributed by atoms with Crippen molar-refractivity contribution >= 4 is 17.9 Å². The number of hydrogen-bond donors (Lipinski definition) is 2. The number of nitrogens with one attached hydrogen (secondary N) is 1. The normalized spacial score (nSPS) is 17.6. The molecule has 1 aliphatic rings. The van der Waals surface area contributed by atoms with Gasteiger partial charge in [0.15, 0.2) is 0 Å². The maximum atomic E-state index is 12.1. The molecule has 1 aromatic carbocycles. The van der Waals surface area contributed by atoms with E-state index in [1.165, 1.54) is 17.0 Å². The number of aromatic carboxylic acids is 1. The van der Waals surface area contributed by atoms with Gasteiger partial charge < -0.3 is 25.0 Å². The second kappa shape index (κ2) is 7.67. The van der Waals surface area contributed by atoms with Crippen LogP contribution in [0.1, 0.15) is 17.3 Å². The lowest BCUT2D eigenvalue weighted by molar-refractivity contribution is -0.137. The molecule has 130 valence electrons. The first-order valence-corrected chi connectivity index (χ1v) is 7.65. The molecule has 0 aliphatic carbocycles. The summed E-state index contributed by atoms with van der Waals surface area (Å²) in [6.07, 6.45) is 0. The van der Waals surface area contributed by atoms with E-state index in [4.69, 9.17) is 9.84 Å². The third-order valence-electron chi connectivity index (χ3n) is 3.87. The number of rotatable bonds is 5. The molecule has 8 nitrogen and oxygen atoms in total. The molecule has 24 heavy (non-hydrogen) atoms. The van der Waals surface area contributed by atoms with Crippen LogP contribution in [-0.2, 0) is 4.79 Å². The Balaban J connectivity index is 1.78. The molecule has 1 heterocycles. The molecule has 8 heteroatoms. The predicted molar refractivity (Wildman–Crippen MR) is 86.1 cm³/mol. The predicted octanol–water partition coefficient (Wildman–Crippen LogP) is 0.636. The van der Waals surface area contributed by atoms with Gasteiger partial charge in [0.1, 0.15) is 18.4 Å². The summed E-state index contributed by atoms with van der Waals surface area (Å²) in [5.41, 5.74) is 0.140. The molecule has 0 aromatic heterocycles. The Morgan fingerprint density at radius 1 is 1.38 bits per heavy atom. The Morgan fingerprint density at radius 3 is 2.83 bits per heavy atom. The van der Waals surface area contributed by atoms with Crippen molar-refractivity contribution in [1.29, 1.82) is 0 Å². The fourth-order valence-electron chi connectivity index (χ4n) is 2.44. The van der Waals surface area contributed by atoms with Gasteiger partial charge in [-0.3, -0.25) is 4.79 Å². The summed E-state index contributed by atoms with van der Waals surface area (Å²) in [5, 5.41) is 11.6. The van der Waals surface area contributed by atoms with Gasteiger partial charge in [-0.25, -0.2) is 9.59 Å².